The van der Waals surface area contributed by atoms with Crippen LogP contribution in [0.2, 0.25) is 0 Å². The quantitative estimate of drug-likeness (QED) is 0.848. The first-order valence-corrected chi connectivity index (χ1v) is 5.87. The Bertz CT molecular complexity index is 652. The summed E-state index contributed by atoms with van der Waals surface area (Å²) in [4.78, 5) is 11.6. The summed E-state index contributed by atoms with van der Waals surface area (Å²) in [5, 5.41) is 16.2. The highest BCUT2D eigenvalue weighted by molar-refractivity contribution is 5.99. The monoisotopic (exact) mass is 254 g/mol. The van der Waals surface area contributed by atoms with Gasteiger partial charge in [0.05, 0.1) is 23.9 Å². The summed E-state index contributed by atoms with van der Waals surface area (Å²) in [7, 11) is 1.86. The van der Waals surface area contributed by atoms with Crippen LogP contribution in [0.25, 0.3) is 0 Å². The van der Waals surface area contributed by atoms with Crippen LogP contribution in [-0.4, -0.2) is 15.6 Å². The van der Waals surface area contributed by atoms with Gasteiger partial charge < -0.3 is 5.32 Å². The molecule has 1 aromatic heterocycles. The van der Waals surface area contributed by atoms with Crippen molar-refractivity contribution in [1.29, 1.82) is 5.26 Å². The third-order valence-electron chi connectivity index (χ3n) is 2.91. The van der Waals surface area contributed by atoms with Crippen molar-refractivity contribution in [3.05, 3.63) is 47.3 Å². The lowest BCUT2D eigenvalue weighted by atomic mass is 10.1. The van der Waals surface area contributed by atoms with Gasteiger partial charge in [0.1, 0.15) is 0 Å². The van der Waals surface area contributed by atoms with Crippen LogP contribution < -0.4 is 5.32 Å². The lowest BCUT2D eigenvalue weighted by molar-refractivity contribution is 0.101. The summed E-state index contributed by atoms with van der Waals surface area (Å²) in [6, 6.07) is 8.97. The Morgan fingerprint density at radius 1 is 1.47 bits per heavy atom. The third kappa shape index (κ3) is 2.80. The molecule has 19 heavy (non-hydrogen) atoms. The van der Waals surface area contributed by atoms with Gasteiger partial charge >= 0.3 is 0 Å². The summed E-state index contributed by atoms with van der Waals surface area (Å²) in [5.41, 5.74) is 2.78. The Morgan fingerprint density at radius 2 is 2.26 bits per heavy atom. The summed E-state index contributed by atoms with van der Waals surface area (Å²) in [6.07, 6.45) is 1.72. The number of nitrogens with zero attached hydrogens (tertiary/aromatic N) is 3. The molecule has 2 rings (SSSR count). The van der Waals surface area contributed by atoms with Gasteiger partial charge in [-0.15, -0.1) is 0 Å². The minimum atomic E-state index is -0.0306. The van der Waals surface area contributed by atoms with E-state index in [0.29, 0.717) is 23.4 Å². The van der Waals surface area contributed by atoms with Gasteiger partial charge in [-0.2, -0.15) is 10.4 Å². The van der Waals surface area contributed by atoms with Gasteiger partial charge in [-0.3, -0.25) is 9.48 Å². The standard InChI is InChI=1S/C14H14N4O/c1-10(19)13-4-3-11(8-15)7-14(13)16-9-12-5-6-17-18(12)2/h3-7,16H,9H2,1-2H3. The predicted octanol–water partition coefficient (Wildman–Crippen LogP) is 2.11. The average molecular weight is 254 g/mol. The van der Waals surface area contributed by atoms with Crippen LogP contribution in [0.3, 0.4) is 0 Å². The van der Waals surface area contributed by atoms with E-state index in [1.54, 1.807) is 29.1 Å². The fraction of sp³-hybridized carbons (Fsp3) is 0.214. The SMILES string of the molecule is CC(=O)c1ccc(C#N)cc1NCc1ccnn1C. The highest BCUT2D eigenvalue weighted by atomic mass is 16.1. The summed E-state index contributed by atoms with van der Waals surface area (Å²) in [6.45, 7) is 2.06. The van der Waals surface area contributed by atoms with Crippen LogP contribution in [0.4, 0.5) is 5.69 Å². The second kappa shape index (κ2) is 5.36. The fourth-order valence-corrected chi connectivity index (χ4v) is 1.83. The molecule has 1 N–H and O–H groups in total. The molecule has 0 aliphatic rings. The van der Waals surface area contributed by atoms with Crippen LogP contribution in [0.1, 0.15) is 28.5 Å². The lowest BCUT2D eigenvalue weighted by Crippen LogP contribution is -2.08. The number of carbonyl (C=O) groups excluding carboxylic acids is 1. The van der Waals surface area contributed by atoms with E-state index in [9.17, 15) is 4.79 Å². The summed E-state index contributed by atoms with van der Waals surface area (Å²) in [5.74, 6) is -0.0306. The van der Waals surface area contributed by atoms with Crippen LogP contribution in [-0.2, 0) is 13.6 Å². The van der Waals surface area contributed by atoms with E-state index in [1.807, 2.05) is 13.1 Å². The van der Waals surface area contributed by atoms with Gasteiger partial charge in [0, 0.05) is 24.5 Å². The zero-order chi connectivity index (χ0) is 13.8. The smallest absolute Gasteiger partial charge is 0.161 e. The number of aromatic nitrogens is 2. The van der Waals surface area contributed by atoms with Gasteiger partial charge in [-0.1, -0.05) is 0 Å². The molecule has 0 aliphatic carbocycles. The third-order valence-corrected chi connectivity index (χ3v) is 2.91. The van der Waals surface area contributed by atoms with E-state index < -0.39 is 0 Å². The number of rotatable bonds is 4. The molecule has 0 fully saturated rings. The molecule has 1 heterocycles. The maximum Gasteiger partial charge on any atom is 0.161 e. The van der Waals surface area contributed by atoms with Gasteiger partial charge in [0.25, 0.3) is 0 Å². The fourth-order valence-electron chi connectivity index (χ4n) is 1.83. The number of carbonyl (C=O) groups is 1. The number of anilines is 1. The van der Waals surface area contributed by atoms with Gasteiger partial charge in [-0.25, -0.2) is 0 Å². The van der Waals surface area contributed by atoms with Gasteiger partial charge in [-0.05, 0) is 31.2 Å². The molecule has 0 radical (unpaired) electrons. The van der Waals surface area contributed by atoms with Crippen LogP contribution in [0.15, 0.2) is 30.5 Å². The number of nitriles is 1. The van der Waals surface area contributed by atoms with E-state index in [1.165, 1.54) is 6.92 Å². The van der Waals surface area contributed by atoms with Gasteiger partial charge in [0.15, 0.2) is 5.78 Å². The second-order valence-corrected chi connectivity index (χ2v) is 4.23. The normalized spacial score (nSPS) is 9.95. The molecular formula is C14H14N4O. The Kier molecular flexibility index (Phi) is 3.62. The minimum absolute atomic E-state index is 0.0306. The van der Waals surface area contributed by atoms with Crippen molar-refractivity contribution in [1.82, 2.24) is 9.78 Å². The first kappa shape index (κ1) is 12.8. The van der Waals surface area contributed by atoms with Crippen LogP contribution in [0, 0.1) is 11.3 Å². The number of benzene rings is 1. The number of hydrogen-bond acceptors (Lipinski definition) is 4. The average Bonchev–Trinajstić information content (AvgIpc) is 2.81. The van der Waals surface area contributed by atoms with Crippen molar-refractivity contribution in [3.63, 3.8) is 0 Å². The number of hydrogen-bond donors (Lipinski definition) is 1. The van der Waals surface area contributed by atoms with Gasteiger partial charge in [0.2, 0.25) is 0 Å². The molecule has 1 aromatic carbocycles. The largest absolute Gasteiger partial charge is 0.379 e. The molecule has 5 nitrogen and oxygen atoms in total. The number of Topliss-reactive ketones (excluding diaryl/α,β-unsaturated/α-hetero) is 1. The highest BCUT2D eigenvalue weighted by Crippen LogP contribution is 2.19. The van der Waals surface area contributed by atoms with E-state index in [-0.39, 0.29) is 5.78 Å². The zero-order valence-electron chi connectivity index (χ0n) is 10.8. The lowest BCUT2D eigenvalue weighted by Gasteiger charge is -2.10. The molecule has 96 valence electrons. The molecule has 0 bridgehead atoms. The van der Waals surface area contributed by atoms with Crippen molar-refractivity contribution in [3.8, 4) is 6.07 Å². The minimum Gasteiger partial charge on any atom is -0.379 e. The molecule has 5 heteroatoms. The van der Waals surface area contributed by atoms with E-state index in [2.05, 4.69) is 16.5 Å². The van der Waals surface area contributed by atoms with Crippen molar-refractivity contribution in [2.24, 2.45) is 7.05 Å². The van der Waals surface area contributed by atoms with Crippen molar-refractivity contribution in [2.75, 3.05) is 5.32 Å². The number of nitrogens with one attached hydrogen (secondary N) is 1. The Morgan fingerprint density at radius 3 is 2.84 bits per heavy atom. The van der Waals surface area contributed by atoms with E-state index in [4.69, 9.17) is 5.26 Å². The highest BCUT2D eigenvalue weighted by Gasteiger charge is 2.08. The van der Waals surface area contributed by atoms with Crippen molar-refractivity contribution < 1.29 is 4.79 Å². The molecule has 0 unspecified atom stereocenters. The Hall–Kier alpha value is -2.61. The maximum atomic E-state index is 11.6. The number of aryl methyl sites for hydroxylation is 1. The topological polar surface area (TPSA) is 70.7 Å². The van der Waals surface area contributed by atoms with E-state index >= 15 is 0 Å². The molecule has 0 saturated heterocycles. The molecule has 0 amide bonds. The summed E-state index contributed by atoms with van der Waals surface area (Å²) >= 11 is 0. The summed E-state index contributed by atoms with van der Waals surface area (Å²) < 4.78 is 1.76. The molecular weight excluding hydrogens is 240 g/mol. The Labute approximate surface area is 111 Å². The first-order valence-electron chi connectivity index (χ1n) is 5.87. The molecule has 0 saturated carbocycles. The zero-order valence-corrected chi connectivity index (χ0v) is 10.8. The molecule has 0 atom stereocenters. The number of ketones is 1. The second-order valence-electron chi connectivity index (χ2n) is 4.23. The van der Waals surface area contributed by atoms with Crippen LogP contribution >= 0.6 is 0 Å². The predicted molar refractivity (Wildman–Crippen MR) is 71.7 cm³/mol. The van der Waals surface area contributed by atoms with Crippen molar-refractivity contribution in [2.45, 2.75) is 13.5 Å². The first-order chi connectivity index (χ1) is 9.11. The molecule has 0 spiro atoms. The molecule has 0 aliphatic heterocycles. The van der Waals surface area contributed by atoms with E-state index in [0.717, 1.165) is 5.69 Å². The Balaban J connectivity index is 2.25. The molecule has 2 aromatic rings. The van der Waals surface area contributed by atoms with Crippen molar-refractivity contribution >= 4 is 11.5 Å². The maximum absolute atomic E-state index is 11.6. The van der Waals surface area contributed by atoms with Crippen LogP contribution in [0.5, 0.6) is 0 Å².